The van der Waals surface area contributed by atoms with Crippen LogP contribution >= 0.6 is 0 Å². The highest BCUT2D eigenvalue weighted by Crippen LogP contribution is 2.20. The number of halogens is 1. The van der Waals surface area contributed by atoms with E-state index < -0.39 is 0 Å². The molecule has 0 radical (unpaired) electrons. The minimum atomic E-state index is -0.384. The molecule has 1 heterocycles. The van der Waals surface area contributed by atoms with Gasteiger partial charge >= 0.3 is 0 Å². The fourth-order valence-electron chi connectivity index (χ4n) is 1.63. The minimum absolute atomic E-state index is 0.249. The predicted octanol–water partition coefficient (Wildman–Crippen LogP) is 2.11. The van der Waals surface area contributed by atoms with Crippen molar-refractivity contribution >= 4 is 0 Å². The molecule has 4 nitrogen and oxygen atoms in total. The Morgan fingerprint density at radius 3 is 2.94 bits per heavy atom. The van der Waals surface area contributed by atoms with Gasteiger partial charge in [-0.05, 0) is 25.1 Å². The third-order valence-corrected chi connectivity index (χ3v) is 2.60. The summed E-state index contributed by atoms with van der Waals surface area (Å²) in [5.74, 6) is 0.105. The first kappa shape index (κ1) is 12.6. The molecule has 2 aromatic rings. The van der Waals surface area contributed by atoms with Gasteiger partial charge in [-0.25, -0.2) is 4.39 Å². The molecule has 5 heteroatoms. The third-order valence-electron chi connectivity index (χ3n) is 2.60. The van der Waals surface area contributed by atoms with Crippen molar-refractivity contribution in [3.63, 3.8) is 0 Å². The molecule has 0 bridgehead atoms. The Morgan fingerprint density at radius 1 is 1.44 bits per heavy atom. The summed E-state index contributed by atoms with van der Waals surface area (Å²) in [4.78, 5) is 0. The van der Waals surface area contributed by atoms with E-state index in [1.165, 1.54) is 18.2 Å². The second kappa shape index (κ2) is 5.64. The van der Waals surface area contributed by atoms with Crippen molar-refractivity contribution in [3.05, 3.63) is 47.5 Å². The zero-order chi connectivity index (χ0) is 13.0. The summed E-state index contributed by atoms with van der Waals surface area (Å²) in [6.45, 7) is 2.90. The molecule has 0 aliphatic rings. The number of aromatic nitrogens is 2. The van der Waals surface area contributed by atoms with Crippen molar-refractivity contribution in [1.29, 1.82) is 0 Å². The van der Waals surface area contributed by atoms with E-state index in [-0.39, 0.29) is 12.4 Å². The largest absolute Gasteiger partial charge is 0.488 e. The Bertz CT molecular complexity index is 525. The van der Waals surface area contributed by atoms with Crippen LogP contribution in [0.5, 0.6) is 5.75 Å². The van der Waals surface area contributed by atoms with Crippen molar-refractivity contribution in [2.45, 2.75) is 26.7 Å². The second-order valence-corrected chi connectivity index (χ2v) is 3.90. The van der Waals surface area contributed by atoms with Gasteiger partial charge in [-0.2, -0.15) is 5.10 Å². The highest BCUT2D eigenvalue weighted by Gasteiger charge is 2.05. The maximum Gasteiger partial charge on any atom is 0.125 e. The summed E-state index contributed by atoms with van der Waals surface area (Å²) in [5, 5.41) is 13.3. The highest BCUT2D eigenvalue weighted by atomic mass is 19.1. The van der Waals surface area contributed by atoms with Crippen LogP contribution in [0, 0.1) is 5.82 Å². The molecule has 1 aromatic carbocycles. The summed E-state index contributed by atoms with van der Waals surface area (Å²) >= 11 is 0. The Kier molecular flexibility index (Phi) is 3.94. The van der Waals surface area contributed by atoms with Crippen LogP contribution in [0.4, 0.5) is 4.39 Å². The minimum Gasteiger partial charge on any atom is -0.488 e. The average Bonchev–Trinajstić information content (AvgIpc) is 2.85. The number of benzene rings is 1. The van der Waals surface area contributed by atoms with Crippen molar-refractivity contribution in [2.24, 2.45) is 0 Å². The standard InChI is InChI=1S/C13H15FN2O2/c1-2-16-7-10(6-15-16)9-18-13-4-3-12(14)5-11(13)8-17/h3-7,17H,2,8-9H2,1H3. The summed E-state index contributed by atoms with van der Waals surface area (Å²) in [6, 6.07) is 4.10. The van der Waals surface area contributed by atoms with Gasteiger partial charge in [-0.1, -0.05) is 0 Å². The quantitative estimate of drug-likeness (QED) is 0.884. The summed E-state index contributed by atoms with van der Waals surface area (Å²) in [5.41, 5.74) is 1.38. The second-order valence-electron chi connectivity index (χ2n) is 3.90. The molecule has 0 aliphatic carbocycles. The third kappa shape index (κ3) is 2.87. The van der Waals surface area contributed by atoms with E-state index in [0.29, 0.717) is 17.9 Å². The zero-order valence-electron chi connectivity index (χ0n) is 10.1. The number of hydrogen-bond donors (Lipinski definition) is 1. The van der Waals surface area contributed by atoms with Crippen LogP contribution < -0.4 is 4.74 Å². The lowest BCUT2D eigenvalue weighted by Crippen LogP contribution is -1.99. The number of aryl methyl sites for hydroxylation is 1. The maximum absolute atomic E-state index is 13.0. The summed E-state index contributed by atoms with van der Waals surface area (Å²) < 4.78 is 20.3. The molecular formula is C13H15FN2O2. The van der Waals surface area contributed by atoms with Crippen molar-refractivity contribution < 1.29 is 14.2 Å². The van der Waals surface area contributed by atoms with Gasteiger partial charge in [-0.15, -0.1) is 0 Å². The Balaban J connectivity index is 2.05. The molecule has 2 rings (SSSR count). The summed E-state index contributed by atoms with van der Waals surface area (Å²) in [7, 11) is 0. The number of aliphatic hydroxyl groups excluding tert-OH is 1. The van der Waals surface area contributed by atoms with E-state index in [1.54, 1.807) is 10.9 Å². The number of ether oxygens (including phenoxy) is 1. The summed E-state index contributed by atoms with van der Waals surface area (Å²) in [6.07, 6.45) is 3.62. The van der Waals surface area contributed by atoms with Crippen LogP contribution in [0.3, 0.4) is 0 Å². The van der Waals surface area contributed by atoms with Crippen LogP contribution in [0.15, 0.2) is 30.6 Å². The van der Waals surface area contributed by atoms with Gasteiger partial charge in [0.15, 0.2) is 0 Å². The molecule has 0 fully saturated rings. The van der Waals surface area contributed by atoms with E-state index in [1.807, 2.05) is 13.1 Å². The van der Waals surface area contributed by atoms with Crippen molar-refractivity contribution in [2.75, 3.05) is 0 Å². The molecule has 0 spiro atoms. The van der Waals surface area contributed by atoms with E-state index in [4.69, 9.17) is 9.84 Å². The van der Waals surface area contributed by atoms with Crippen LogP contribution in [0.2, 0.25) is 0 Å². The van der Waals surface area contributed by atoms with Gasteiger partial charge in [0.2, 0.25) is 0 Å². The highest BCUT2D eigenvalue weighted by molar-refractivity contribution is 5.33. The first-order valence-corrected chi connectivity index (χ1v) is 5.76. The topological polar surface area (TPSA) is 47.3 Å². The van der Waals surface area contributed by atoms with E-state index >= 15 is 0 Å². The monoisotopic (exact) mass is 250 g/mol. The van der Waals surface area contributed by atoms with Crippen molar-refractivity contribution in [1.82, 2.24) is 9.78 Å². The molecule has 96 valence electrons. The molecule has 1 aromatic heterocycles. The van der Waals surface area contributed by atoms with E-state index in [0.717, 1.165) is 12.1 Å². The Hall–Kier alpha value is -1.88. The maximum atomic E-state index is 13.0. The fourth-order valence-corrected chi connectivity index (χ4v) is 1.63. The molecule has 0 aliphatic heterocycles. The van der Waals surface area contributed by atoms with Gasteiger partial charge in [0.05, 0.1) is 12.8 Å². The molecule has 0 saturated carbocycles. The van der Waals surface area contributed by atoms with E-state index in [9.17, 15) is 4.39 Å². The van der Waals surface area contributed by atoms with Gasteiger partial charge in [0, 0.05) is 23.9 Å². The predicted molar refractivity (Wildman–Crippen MR) is 64.6 cm³/mol. The van der Waals surface area contributed by atoms with Gasteiger partial charge in [0.25, 0.3) is 0 Å². The molecule has 0 unspecified atom stereocenters. The Labute approximate surface area is 105 Å². The number of rotatable bonds is 5. The lowest BCUT2D eigenvalue weighted by atomic mass is 10.2. The smallest absolute Gasteiger partial charge is 0.125 e. The number of nitrogens with zero attached hydrogens (tertiary/aromatic N) is 2. The van der Waals surface area contributed by atoms with Gasteiger partial charge < -0.3 is 9.84 Å². The number of aliphatic hydroxyl groups is 1. The van der Waals surface area contributed by atoms with Gasteiger partial charge in [-0.3, -0.25) is 4.68 Å². The molecule has 0 atom stereocenters. The van der Waals surface area contributed by atoms with E-state index in [2.05, 4.69) is 5.10 Å². The average molecular weight is 250 g/mol. The lowest BCUT2D eigenvalue weighted by Gasteiger charge is -2.09. The molecule has 0 amide bonds. The van der Waals surface area contributed by atoms with Crippen LogP contribution in [0.1, 0.15) is 18.1 Å². The molecule has 1 N–H and O–H groups in total. The van der Waals surface area contributed by atoms with Crippen LogP contribution in [-0.2, 0) is 19.8 Å². The number of hydrogen-bond acceptors (Lipinski definition) is 3. The normalized spacial score (nSPS) is 10.6. The van der Waals surface area contributed by atoms with Crippen LogP contribution in [-0.4, -0.2) is 14.9 Å². The SMILES string of the molecule is CCn1cc(COc2ccc(F)cc2CO)cn1. The lowest BCUT2D eigenvalue weighted by molar-refractivity contribution is 0.258. The van der Waals surface area contributed by atoms with Crippen LogP contribution in [0.25, 0.3) is 0 Å². The zero-order valence-corrected chi connectivity index (χ0v) is 10.1. The van der Waals surface area contributed by atoms with Gasteiger partial charge in [0.1, 0.15) is 18.2 Å². The first-order chi connectivity index (χ1) is 8.72. The van der Waals surface area contributed by atoms with Crippen molar-refractivity contribution in [3.8, 4) is 5.75 Å². The first-order valence-electron chi connectivity index (χ1n) is 5.76. The Morgan fingerprint density at radius 2 is 2.28 bits per heavy atom. The molecular weight excluding hydrogens is 235 g/mol. The molecule has 0 saturated heterocycles. The fraction of sp³-hybridized carbons (Fsp3) is 0.308. The molecule has 18 heavy (non-hydrogen) atoms.